The fraction of sp³-hybridized carbons (Fsp3) is 0.0833. The van der Waals surface area contributed by atoms with Crippen LogP contribution in [0.2, 0.25) is 10.3 Å². The fourth-order valence-electron chi connectivity index (χ4n) is 1.90. The smallest absolute Gasteiger partial charge is 0.226 e. The molecule has 0 saturated heterocycles. The third-order valence-corrected chi connectivity index (χ3v) is 3.48. The van der Waals surface area contributed by atoms with Gasteiger partial charge in [0, 0.05) is 5.02 Å². The van der Waals surface area contributed by atoms with Crippen molar-refractivity contribution in [1.29, 1.82) is 0 Å². The number of fused-ring (bicyclic) bond motifs is 1. The van der Waals surface area contributed by atoms with E-state index in [1.807, 2.05) is 25.1 Å². The molecule has 3 aromatic rings. The van der Waals surface area contributed by atoms with Crippen LogP contribution in [0.25, 0.3) is 16.7 Å². The second-order valence-corrected chi connectivity index (χ2v) is 4.80. The molecule has 2 heterocycles. The van der Waals surface area contributed by atoms with Crippen LogP contribution in [-0.4, -0.2) is 19.7 Å². The van der Waals surface area contributed by atoms with Crippen molar-refractivity contribution in [2.45, 2.75) is 6.92 Å². The predicted molar refractivity (Wildman–Crippen MR) is 75.8 cm³/mol. The summed E-state index contributed by atoms with van der Waals surface area (Å²) in [4.78, 5) is 8.08. The molecule has 0 fully saturated rings. The Bertz CT molecular complexity index is 781. The van der Waals surface area contributed by atoms with Gasteiger partial charge in [0.1, 0.15) is 5.82 Å². The van der Waals surface area contributed by atoms with E-state index in [1.165, 1.54) is 0 Å². The van der Waals surface area contributed by atoms with Crippen LogP contribution in [0.5, 0.6) is 0 Å². The van der Waals surface area contributed by atoms with Crippen molar-refractivity contribution in [3.63, 3.8) is 0 Å². The standard InChI is InChI=1S/C12H9Cl2N5/c1-6-8(13)3-2-4-9(6)19-11-7(5-16-19)10(15)17-12(14)18-11/h2-5H,1H3,(H2,15,17,18). The molecule has 19 heavy (non-hydrogen) atoms. The van der Waals surface area contributed by atoms with Crippen LogP contribution in [0.3, 0.4) is 0 Å². The molecule has 1 aromatic carbocycles. The second kappa shape index (κ2) is 4.36. The van der Waals surface area contributed by atoms with Crippen molar-refractivity contribution in [3.05, 3.63) is 40.3 Å². The van der Waals surface area contributed by atoms with Gasteiger partial charge in [-0.15, -0.1) is 0 Å². The molecule has 0 atom stereocenters. The van der Waals surface area contributed by atoms with Crippen molar-refractivity contribution in [2.75, 3.05) is 5.73 Å². The molecule has 0 spiro atoms. The number of benzene rings is 1. The summed E-state index contributed by atoms with van der Waals surface area (Å²) in [5.74, 6) is 0.306. The second-order valence-electron chi connectivity index (χ2n) is 4.06. The van der Waals surface area contributed by atoms with Gasteiger partial charge in [-0.25, -0.2) is 9.67 Å². The van der Waals surface area contributed by atoms with Crippen LogP contribution in [0.1, 0.15) is 5.56 Å². The topological polar surface area (TPSA) is 69.6 Å². The van der Waals surface area contributed by atoms with Crippen molar-refractivity contribution in [3.8, 4) is 5.69 Å². The quantitative estimate of drug-likeness (QED) is 0.700. The van der Waals surface area contributed by atoms with Crippen LogP contribution < -0.4 is 5.73 Å². The normalized spacial score (nSPS) is 11.1. The van der Waals surface area contributed by atoms with E-state index >= 15 is 0 Å². The van der Waals surface area contributed by atoms with Crippen LogP contribution >= 0.6 is 23.2 Å². The molecule has 2 aromatic heterocycles. The minimum Gasteiger partial charge on any atom is -0.383 e. The lowest BCUT2D eigenvalue weighted by Crippen LogP contribution is -2.02. The molecule has 0 aliphatic carbocycles. The molecule has 7 heteroatoms. The monoisotopic (exact) mass is 293 g/mol. The van der Waals surface area contributed by atoms with Crippen molar-refractivity contribution >= 4 is 40.1 Å². The molecule has 0 amide bonds. The van der Waals surface area contributed by atoms with Crippen molar-refractivity contribution in [2.24, 2.45) is 0 Å². The number of hydrogen-bond acceptors (Lipinski definition) is 4. The first-order valence-corrected chi connectivity index (χ1v) is 6.26. The summed E-state index contributed by atoms with van der Waals surface area (Å²) in [7, 11) is 0. The molecular weight excluding hydrogens is 285 g/mol. The van der Waals surface area contributed by atoms with Gasteiger partial charge in [-0.1, -0.05) is 17.7 Å². The average Bonchev–Trinajstić information content (AvgIpc) is 2.76. The Morgan fingerprint density at radius 1 is 1.21 bits per heavy atom. The van der Waals surface area contributed by atoms with E-state index in [2.05, 4.69) is 15.1 Å². The number of nitrogens with two attached hydrogens (primary N) is 1. The number of nitrogen functional groups attached to an aromatic ring is 1. The lowest BCUT2D eigenvalue weighted by molar-refractivity contribution is 0.887. The zero-order chi connectivity index (χ0) is 13.6. The first-order chi connectivity index (χ1) is 9.08. The summed E-state index contributed by atoms with van der Waals surface area (Å²) in [6.45, 7) is 1.91. The molecule has 0 saturated carbocycles. The summed E-state index contributed by atoms with van der Waals surface area (Å²) in [6.07, 6.45) is 1.61. The molecule has 2 N–H and O–H groups in total. The summed E-state index contributed by atoms with van der Waals surface area (Å²) in [5.41, 5.74) is 8.09. The molecule has 3 rings (SSSR count). The van der Waals surface area contributed by atoms with E-state index in [0.29, 0.717) is 21.9 Å². The molecule has 0 unspecified atom stereocenters. The maximum Gasteiger partial charge on any atom is 0.226 e. The summed E-state index contributed by atoms with van der Waals surface area (Å²) in [6, 6.07) is 5.58. The zero-order valence-electron chi connectivity index (χ0n) is 9.93. The third-order valence-electron chi connectivity index (χ3n) is 2.90. The molecule has 0 aliphatic rings. The maximum atomic E-state index is 6.12. The van der Waals surface area contributed by atoms with E-state index in [1.54, 1.807) is 10.9 Å². The number of halogens is 2. The Balaban J connectivity index is 2.35. The molecule has 0 radical (unpaired) electrons. The Labute approximate surface area is 119 Å². The summed E-state index contributed by atoms with van der Waals surface area (Å²) in [5, 5.41) is 5.69. The van der Waals surface area contributed by atoms with Gasteiger partial charge in [0.15, 0.2) is 5.65 Å². The number of rotatable bonds is 1. The fourth-order valence-corrected chi connectivity index (χ4v) is 2.24. The largest absolute Gasteiger partial charge is 0.383 e. The SMILES string of the molecule is Cc1c(Cl)cccc1-n1ncc2c(N)nc(Cl)nc21. The van der Waals surface area contributed by atoms with E-state index in [-0.39, 0.29) is 5.28 Å². The number of aromatic nitrogens is 4. The van der Waals surface area contributed by atoms with E-state index < -0.39 is 0 Å². The predicted octanol–water partition coefficient (Wildman–Crippen LogP) is 3.01. The maximum absolute atomic E-state index is 6.12. The minimum absolute atomic E-state index is 0.0893. The highest BCUT2D eigenvalue weighted by atomic mass is 35.5. The molecule has 0 bridgehead atoms. The Hall–Kier alpha value is -1.85. The Kier molecular flexibility index (Phi) is 2.80. The van der Waals surface area contributed by atoms with Gasteiger partial charge in [0.2, 0.25) is 5.28 Å². The van der Waals surface area contributed by atoms with Crippen molar-refractivity contribution in [1.82, 2.24) is 19.7 Å². The van der Waals surface area contributed by atoms with Gasteiger partial charge in [-0.05, 0) is 36.2 Å². The number of anilines is 1. The van der Waals surface area contributed by atoms with Gasteiger partial charge < -0.3 is 5.73 Å². The van der Waals surface area contributed by atoms with Crippen molar-refractivity contribution < 1.29 is 0 Å². The zero-order valence-corrected chi connectivity index (χ0v) is 11.4. The molecular formula is C12H9Cl2N5. The van der Waals surface area contributed by atoms with Crippen LogP contribution in [0.15, 0.2) is 24.4 Å². The van der Waals surface area contributed by atoms with Crippen LogP contribution in [0.4, 0.5) is 5.82 Å². The van der Waals surface area contributed by atoms with E-state index in [4.69, 9.17) is 28.9 Å². The first kappa shape index (κ1) is 12.2. The number of nitrogens with zero attached hydrogens (tertiary/aromatic N) is 4. The van der Waals surface area contributed by atoms with Gasteiger partial charge in [0.25, 0.3) is 0 Å². The van der Waals surface area contributed by atoms with Gasteiger partial charge in [-0.2, -0.15) is 10.1 Å². The highest BCUT2D eigenvalue weighted by Gasteiger charge is 2.13. The molecule has 96 valence electrons. The van der Waals surface area contributed by atoms with Crippen LogP contribution in [0, 0.1) is 6.92 Å². The van der Waals surface area contributed by atoms with Gasteiger partial charge >= 0.3 is 0 Å². The molecule has 5 nitrogen and oxygen atoms in total. The summed E-state index contributed by atoms with van der Waals surface area (Å²) >= 11 is 12.0. The average molecular weight is 294 g/mol. The number of hydrogen-bond donors (Lipinski definition) is 1. The van der Waals surface area contributed by atoms with E-state index in [9.17, 15) is 0 Å². The summed E-state index contributed by atoms with van der Waals surface area (Å²) < 4.78 is 1.65. The Morgan fingerprint density at radius 3 is 2.79 bits per heavy atom. The van der Waals surface area contributed by atoms with Crippen LogP contribution in [-0.2, 0) is 0 Å². The minimum atomic E-state index is 0.0893. The third kappa shape index (κ3) is 1.91. The first-order valence-electron chi connectivity index (χ1n) is 5.50. The lowest BCUT2D eigenvalue weighted by Gasteiger charge is -2.08. The lowest BCUT2D eigenvalue weighted by atomic mass is 10.2. The molecule has 0 aliphatic heterocycles. The highest BCUT2D eigenvalue weighted by molar-refractivity contribution is 6.31. The van der Waals surface area contributed by atoms with E-state index in [0.717, 1.165) is 11.3 Å². The Morgan fingerprint density at radius 2 is 2.00 bits per heavy atom. The van der Waals surface area contributed by atoms with Gasteiger partial charge in [0.05, 0.1) is 17.3 Å². The highest BCUT2D eigenvalue weighted by Crippen LogP contribution is 2.26. The van der Waals surface area contributed by atoms with Gasteiger partial charge in [-0.3, -0.25) is 0 Å².